The van der Waals surface area contributed by atoms with Crippen LogP contribution in [0.25, 0.3) is 32.3 Å². The van der Waals surface area contributed by atoms with E-state index in [1.807, 2.05) is 36.5 Å². The summed E-state index contributed by atoms with van der Waals surface area (Å²) in [6, 6.07) is 29.3. The number of hydrogen-bond acceptors (Lipinski definition) is 2. The lowest BCUT2D eigenvalue weighted by Gasteiger charge is -2.12. The molecule has 1 N–H and O–H groups in total. The van der Waals surface area contributed by atoms with Crippen molar-refractivity contribution in [3.8, 4) is 0 Å². The van der Waals surface area contributed by atoms with E-state index in [1.54, 1.807) is 0 Å². The highest BCUT2D eigenvalue weighted by atomic mass is 32.1. The Bertz CT molecular complexity index is 1290. The molecule has 27 heavy (non-hydrogen) atoms. The molecule has 0 radical (unpaired) electrons. The summed E-state index contributed by atoms with van der Waals surface area (Å²) in [5, 5.41) is 12.0. The second-order valence-corrected chi connectivity index (χ2v) is 6.98. The Morgan fingerprint density at radius 3 is 2.15 bits per heavy atom. The van der Waals surface area contributed by atoms with Crippen LogP contribution < -0.4 is 5.43 Å². The van der Waals surface area contributed by atoms with Gasteiger partial charge < -0.3 is 0 Å². The molecule has 3 heteroatoms. The van der Waals surface area contributed by atoms with Crippen LogP contribution in [-0.4, -0.2) is 11.2 Å². The molecule has 0 atom stereocenters. The zero-order valence-electron chi connectivity index (χ0n) is 14.5. The van der Waals surface area contributed by atoms with Crippen molar-refractivity contribution in [2.45, 2.75) is 0 Å². The van der Waals surface area contributed by atoms with Crippen LogP contribution in [0.2, 0.25) is 0 Å². The summed E-state index contributed by atoms with van der Waals surface area (Å²) in [5.74, 6) is 0. The summed E-state index contributed by atoms with van der Waals surface area (Å²) in [6.07, 6.45) is 1.85. The lowest BCUT2D eigenvalue weighted by molar-refractivity contribution is 1.06. The van der Waals surface area contributed by atoms with Gasteiger partial charge in [-0.3, -0.25) is 5.43 Å². The second-order valence-electron chi connectivity index (χ2n) is 6.58. The van der Waals surface area contributed by atoms with E-state index in [1.165, 1.54) is 32.3 Å². The van der Waals surface area contributed by atoms with Crippen molar-refractivity contribution >= 4 is 55.7 Å². The van der Waals surface area contributed by atoms with E-state index in [2.05, 4.69) is 65.1 Å². The molecular weight excluding hydrogens is 348 g/mol. The lowest BCUT2D eigenvalue weighted by Crippen LogP contribution is -2.16. The Kier molecular flexibility index (Phi) is 3.80. The molecule has 0 aliphatic heterocycles. The first-order valence-corrected chi connectivity index (χ1v) is 9.27. The molecule has 2 nitrogen and oxygen atoms in total. The number of rotatable bonds is 3. The number of thiocarbonyl (C=S) groups is 1. The van der Waals surface area contributed by atoms with Crippen LogP contribution in [0.4, 0.5) is 0 Å². The summed E-state index contributed by atoms with van der Waals surface area (Å²) in [5.41, 5.74) is 5.01. The summed E-state index contributed by atoms with van der Waals surface area (Å²) in [4.78, 5) is 0.615. The van der Waals surface area contributed by atoms with Gasteiger partial charge in [0.25, 0.3) is 0 Å². The highest BCUT2D eigenvalue weighted by Crippen LogP contribution is 2.35. The molecule has 5 aromatic rings. The van der Waals surface area contributed by atoms with Crippen molar-refractivity contribution in [1.29, 1.82) is 0 Å². The summed E-state index contributed by atoms with van der Waals surface area (Å²) >= 11 is 5.41. The minimum atomic E-state index is 0.615. The van der Waals surface area contributed by atoms with Crippen LogP contribution in [0.15, 0.2) is 90.0 Å². The van der Waals surface area contributed by atoms with Crippen molar-refractivity contribution in [1.82, 2.24) is 5.43 Å². The van der Waals surface area contributed by atoms with Gasteiger partial charge in [-0.25, -0.2) is 0 Å². The lowest BCUT2D eigenvalue weighted by atomic mass is 9.92. The van der Waals surface area contributed by atoms with Crippen molar-refractivity contribution in [2.75, 3.05) is 0 Å². The molecule has 0 spiro atoms. The molecule has 0 aliphatic rings. The topological polar surface area (TPSA) is 24.4 Å². The van der Waals surface area contributed by atoms with Crippen molar-refractivity contribution in [3.05, 3.63) is 96.1 Å². The van der Waals surface area contributed by atoms with E-state index in [0.717, 1.165) is 11.1 Å². The van der Waals surface area contributed by atoms with E-state index in [4.69, 9.17) is 12.2 Å². The smallest absolute Gasteiger partial charge is 0.126 e. The molecule has 0 heterocycles. The number of hydrazone groups is 1. The van der Waals surface area contributed by atoms with Gasteiger partial charge in [-0.2, -0.15) is 5.10 Å². The maximum Gasteiger partial charge on any atom is 0.126 e. The highest BCUT2D eigenvalue weighted by Gasteiger charge is 2.09. The molecule has 5 rings (SSSR count). The Morgan fingerprint density at radius 1 is 0.704 bits per heavy atom. The molecular formula is C24H16N2S. The molecule has 128 valence electrons. The van der Waals surface area contributed by atoms with E-state index in [-0.39, 0.29) is 0 Å². The first-order chi connectivity index (χ1) is 13.3. The number of nitrogens with one attached hydrogen (secondary N) is 1. The quantitative estimate of drug-likeness (QED) is 0.187. The minimum Gasteiger partial charge on any atom is -0.267 e. The van der Waals surface area contributed by atoms with Gasteiger partial charge >= 0.3 is 0 Å². The van der Waals surface area contributed by atoms with E-state index < -0.39 is 0 Å². The molecule has 5 aromatic carbocycles. The Labute approximate surface area is 162 Å². The molecule has 0 amide bonds. The standard InChI is InChI=1S/C24H16N2S/c27-24(19-5-2-1-3-6-19)26-25-15-20-12-11-18-10-9-16-7-4-8-17-13-14-21(20)23(18)22(16)17/h1-15H,(H,26,27)/b25-15+. The zero-order valence-corrected chi connectivity index (χ0v) is 15.3. The third kappa shape index (κ3) is 2.73. The fourth-order valence-corrected chi connectivity index (χ4v) is 3.87. The van der Waals surface area contributed by atoms with Gasteiger partial charge in [0.15, 0.2) is 0 Å². The molecule has 0 bridgehead atoms. The first-order valence-electron chi connectivity index (χ1n) is 8.86. The molecule has 0 aromatic heterocycles. The summed E-state index contributed by atoms with van der Waals surface area (Å²) in [7, 11) is 0. The third-order valence-electron chi connectivity index (χ3n) is 4.97. The SMILES string of the molecule is S=C(N/N=C/c1ccc2ccc3cccc4ccc1c2c34)c1ccccc1. The van der Waals surface area contributed by atoms with Crippen molar-refractivity contribution in [3.63, 3.8) is 0 Å². The number of hydrogen-bond donors (Lipinski definition) is 1. The van der Waals surface area contributed by atoms with Gasteiger partial charge in [0.05, 0.1) is 6.21 Å². The van der Waals surface area contributed by atoms with Gasteiger partial charge in [0, 0.05) is 11.1 Å². The van der Waals surface area contributed by atoms with Crippen LogP contribution in [0.1, 0.15) is 11.1 Å². The Morgan fingerprint density at radius 2 is 1.37 bits per heavy atom. The van der Waals surface area contributed by atoms with Crippen LogP contribution in [0, 0.1) is 0 Å². The van der Waals surface area contributed by atoms with Gasteiger partial charge in [0.2, 0.25) is 0 Å². The monoisotopic (exact) mass is 364 g/mol. The van der Waals surface area contributed by atoms with Crippen molar-refractivity contribution < 1.29 is 0 Å². The van der Waals surface area contributed by atoms with E-state index >= 15 is 0 Å². The fourth-order valence-electron chi connectivity index (χ4n) is 3.68. The third-order valence-corrected chi connectivity index (χ3v) is 5.30. The highest BCUT2D eigenvalue weighted by molar-refractivity contribution is 7.80. The number of nitrogens with zero attached hydrogens (tertiary/aromatic N) is 1. The predicted octanol–water partition coefficient (Wildman–Crippen LogP) is 5.88. The largest absolute Gasteiger partial charge is 0.267 e. The molecule has 0 aliphatic carbocycles. The molecule has 0 unspecified atom stereocenters. The van der Waals surface area contributed by atoms with Gasteiger partial charge in [0.1, 0.15) is 4.99 Å². The zero-order chi connectivity index (χ0) is 18.2. The van der Waals surface area contributed by atoms with E-state index in [0.29, 0.717) is 4.99 Å². The molecule has 0 saturated carbocycles. The molecule has 0 saturated heterocycles. The summed E-state index contributed by atoms with van der Waals surface area (Å²) in [6.45, 7) is 0. The minimum absolute atomic E-state index is 0.615. The summed E-state index contributed by atoms with van der Waals surface area (Å²) < 4.78 is 0. The van der Waals surface area contributed by atoms with Crippen LogP contribution in [-0.2, 0) is 0 Å². The maximum absolute atomic E-state index is 5.41. The Balaban J connectivity index is 1.56. The van der Waals surface area contributed by atoms with E-state index in [9.17, 15) is 0 Å². The van der Waals surface area contributed by atoms with Crippen LogP contribution in [0.3, 0.4) is 0 Å². The van der Waals surface area contributed by atoms with Gasteiger partial charge in [-0.15, -0.1) is 0 Å². The van der Waals surface area contributed by atoms with Gasteiger partial charge in [-0.05, 0) is 32.3 Å². The van der Waals surface area contributed by atoms with Crippen LogP contribution in [0.5, 0.6) is 0 Å². The normalized spacial score (nSPS) is 11.7. The Hall–Kier alpha value is -3.30. The average Bonchev–Trinajstić information content (AvgIpc) is 2.73. The maximum atomic E-state index is 5.41. The second kappa shape index (κ2) is 6.45. The van der Waals surface area contributed by atoms with Gasteiger partial charge in [-0.1, -0.05) is 97.1 Å². The average molecular weight is 364 g/mol. The number of benzene rings is 5. The van der Waals surface area contributed by atoms with Crippen LogP contribution >= 0.6 is 12.2 Å². The van der Waals surface area contributed by atoms with Crippen molar-refractivity contribution in [2.24, 2.45) is 5.10 Å². The molecule has 0 fully saturated rings. The fraction of sp³-hybridized carbons (Fsp3) is 0. The first kappa shape index (κ1) is 15.9. The predicted molar refractivity (Wildman–Crippen MR) is 119 cm³/mol.